The summed E-state index contributed by atoms with van der Waals surface area (Å²) in [7, 11) is 0. The number of nitrogens with zero attached hydrogens (tertiary/aromatic N) is 1. The fourth-order valence-electron chi connectivity index (χ4n) is 2.53. The van der Waals surface area contributed by atoms with Gasteiger partial charge in [0.15, 0.2) is 6.29 Å². The van der Waals surface area contributed by atoms with Crippen LogP contribution in [0, 0.1) is 0 Å². The first-order valence-electron chi connectivity index (χ1n) is 6.82. The van der Waals surface area contributed by atoms with Gasteiger partial charge in [0.05, 0.1) is 12.3 Å². The van der Waals surface area contributed by atoms with Crippen LogP contribution in [0.1, 0.15) is 25.0 Å². The van der Waals surface area contributed by atoms with Gasteiger partial charge in [0, 0.05) is 19.0 Å². The summed E-state index contributed by atoms with van der Waals surface area (Å²) in [6.45, 7) is -2.26. The third-order valence-corrected chi connectivity index (χ3v) is 3.47. The van der Waals surface area contributed by atoms with Crippen molar-refractivity contribution in [3.05, 3.63) is 41.9 Å². The third kappa shape index (κ3) is 3.14. The molecule has 7 heteroatoms. The summed E-state index contributed by atoms with van der Waals surface area (Å²) in [6, 6.07) is 1.61. The van der Waals surface area contributed by atoms with Crippen molar-refractivity contribution in [2.45, 2.75) is 37.8 Å². The molecule has 2 unspecified atom stereocenters. The maximum atomic E-state index is 12.8. The Morgan fingerprint density at radius 3 is 3.05 bits per heavy atom. The molecule has 1 saturated heterocycles. The highest BCUT2D eigenvalue weighted by molar-refractivity contribution is 5.30. The first-order chi connectivity index (χ1) is 10.2. The molecule has 0 spiro atoms. The van der Waals surface area contributed by atoms with Crippen LogP contribution in [0.4, 0.5) is 8.78 Å². The molecule has 0 radical (unpaired) electrons. The molecule has 5 nitrogen and oxygen atoms in total. The Hall–Kier alpha value is -1.73. The molecular formula is C14H16F2N2O3. The van der Waals surface area contributed by atoms with Crippen LogP contribution in [-0.2, 0) is 19.8 Å². The Bertz CT molecular complexity index is 524. The zero-order valence-electron chi connectivity index (χ0n) is 11.3. The van der Waals surface area contributed by atoms with Crippen molar-refractivity contribution in [2.24, 2.45) is 0 Å². The largest absolute Gasteiger partial charge is 0.465 e. The SMILES string of the molecule is FC(F)OC1(c2cc[nH]n2)C=C(OC2CCCO2)C=CC1. The van der Waals surface area contributed by atoms with E-state index in [1.807, 2.05) is 0 Å². The van der Waals surface area contributed by atoms with E-state index >= 15 is 0 Å². The monoisotopic (exact) mass is 298 g/mol. The van der Waals surface area contributed by atoms with Gasteiger partial charge in [-0.3, -0.25) is 5.10 Å². The number of rotatable bonds is 5. The summed E-state index contributed by atoms with van der Waals surface area (Å²) in [5, 5.41) is 6.60. The Labute approximate surface area is 120 Å². The summed E-state index contributed by atoms with van der Waals surface area (Å²) < 4.78 is 41.5. The molecule has 21 heavy (non-hydrogen) atoms. The topological polar surface area (TPSA) is 56.4 Å². The zero-order chi connectivity index (χ0) is 14.7. The number of allylic oxidation sites excluding steroid dienone is 1. The van der Waals surface area contributed by atoms with Crippen LogP contribution in [0.3, 0.4) is 0 Å². The fraction of sp³-hybridized carbons (Fsp3) is 0.500. The van der Waals surface area contributed by atoms with Crippen molar-refractivity contribution in [2.75, 3.05) is 6.61 Å². The van der Waals surface area contributed by atoms with Gasteiger partial charge < -0.3 is 14.2 Å². The fourth-order valence-corrected chi connectivity index (χ4v) is 2.53. The van der Waals surface area contributed by atoms with Crippen LogP contribution in [0.15, 0.2) is 36.3 Å². The number of nitrogens with one attached hydrogen (secondary N) is 1. The molecule has 2 atom stereocenters. The lowest BCUT2D eigenvalue weighted by molar-refractivity contribution is -0.198. The molecule has 1 fully saturated rings. The van der Waals surface area contributed by atoms with Crippen molar-refractivity contribution >= 4 is 0 Å². The minimum absolute atomic E-state index is 0.264. The van der Waals surface area contributed by atoms with Gasteiger partial charge in [-0.1, -0.05) is 6.08 Å². The van der Waals surface area contributed by atoms with Crippen molar-refractivity contribution < 1.29 is 23.0 Å². The van der Waals surface area contributed by atoms with Gasteiger partial charge in [-0.2, -0.15) is 13.9 Å². The predicted octanol–water partition coefficient (Wildman–Crippen LogP) is 2.84. The maximum absolute atomic E-state index is 12.8. The second-order valence-corrected chi connectivity index (χ2v) is 4.94. The Morgan fingerprint density at radius 2 is 2.38 bits per heavy atom. The molecule has 114 valence electrons. The Balaban J connectivity index is 1.85. The van der Waals surface area contributed by atoms with E-state index in [4.69, 9.17) is 14.2 Å². The molecule has 0 bridgehead atoms. The van der Waals surface area contributed by atoms with Crippen LogP contribution >= 0.6 is 0 Å². The molecule has 2 aliphatic rings. The highest BCUT2D eigenvalue weighted by Crippen LogP contribution is 2.37. The van der Waals surface area contributed by atoms with Crippen molar-refractivity contribution in [3.8, 4) is 0 Å². The normalized spacial score (nSPS) is 28.9. The van der Waals surface area contributed by atoms with Gasteiger partial charge >= 0.3 is 6.61 Å². The molecule has 1 N–H and O–H groups in total. The highest BCUT2D eigenvalue weighted by Gasteiger charge is 2.38. The van der Waals surface area contributed by atoms with Gasteiger partial charge in [-0.05, 0) is 24.6 Å². The summed E-state index contributed by atoms with van der Waals surface area (Å²) >= 11 is 0. The number of aromatic amines is 1. The lowest BCUT2D eigenvalue weighted by Crippen LogP contribution is -2.32. The van der Waals surface area contributed by atoms with Gasteiger partial charge in [0.2, 0.25) is 0 Å². The second kappa shape index (κ2) is 5.95. The van der Waals surface area contributed by atoms with Crippen molar-refractivity contribution in [3.63, 3.8) is 0 Å². The van der Waals surface area contributed by atoms with E-state index in [1.54, 1.807) is 24.4 Å². The van der Waals surface area contributed by atoms with Crippen molar-refractivity contribution in [1.29, 1.82) is 0 Å². The number of ether oxygens (including phenoxy) is 3. The van der Waals surface area contributed by atoms with E-state index in [1.165, 1.54) is 6.08 Å². The average molecular weight is 298 g/mol. The molecule has 3 rings (SSSR count). The molecule has 0 saturated carbocycles. The zero-order valence-corrected chi connectivity index (χ0v) is 11.3. The number of alkyl halides is 2. The van der Waals surface area contributed by atoms with E-state index in [0.717, 1.165) is 12.8 Å². The molecule has 1 aliphatic carbocycles. The van der Waals surface area contributed by atoms with Crippen LogP contribution in [0.2, 0.25) is 0 Å². The molecule has 0 amide bonds. The summed E-state index contributed by atoms with van der Waals surface area (Å²) in [4.78, 5) is 0. The first-order valence-corrected chi connectivity index (χ1v) is 6.82. The number of hydrogen-bond donors (Lipinski definition) is 1. The Kier molecular flexibility index (Phi) is 4.03. The van der Waals surface area contributed by atoms with E-state index in [0.29, 0.717) is 18.1 Å². The lowest BCUT2D eigenvalue weighted by Gasteiger charge is -2.31. The van der Waals surface area contributed by atoms with Crippen LogP contribution < -0.4 is 0 Å². The first kappa shape index (κ1) is 14.2. The minimum atomic E-state index is -2.91. The molecule has 0 aromatic carbocycles. The lowest BCUT2D eigenvalue weighted by atomic mass is 9.91. The van der Waals surface area contributed by atoms with Crippen LogP contribution in [-0.4, -0.2) is 29.7 Å². The number of halogens is 2. The maximum Gasteiger partial charge on any atom is 0.346 e. The van der Waals surface area contributed by atoms with E-state index < -0.39 is 12.2 Å². The van der Waals surface area contributed by atoms with E-state index in [9.17, 15) is 8.78 Å². The summed E-state index contributed by atoms with van der Waals surface area (Å²) in [5.74, 6) is 0.455. The average Bonchev–Trinajstić information content (AvgIpc) is 3.11. The van der Waals surface area contributed by atoms with E-state index in [2.05, 4.69) is 10.2 Å². The number of hydrogen-bond acceptors (Lipinski definition) is 4. The van der Waals surface area contributed by atoms with Crippen LogP contribution in [0.25, 0.3) is 0 Å². The quantitative estimate of drug-likeness (QED) is 0.908. The molecule has 2 heterocycles. The van der Waals surface area contributed by atoms with Gasteiger partial charge in [0.25, 0.3) is 0 Å². The molecule has 1 aromatic rings. The van der Waals surface area contributed by atoms with Gasteiger partial charge in [-0.25, -0.2) is 0 Å². The predicted molar refractivity (Wildman–Crippen MR) is 69.3 cm³/mol. The van der Waals surface area contributed by atoms with Gasteiger partial charge in [-0.15, -0.1) is 0 Å². The number of H-pyrrole nitrogens is 1. The second-order valence-electron chi connectivity index (χ2n) is 4.94. The smallest absolute Gasteiger partial charge is 0.346 e. The van der Waals surface area contributed by atoms with E-state index in [-0.39, 0.29) is 12.7 Å². The summed E-state index contributed by atoms with van der Waals surface area (Å²) in [6.07, 6.45) is 8.23. The summed E-state index contributed by atoms with van der Waals surface area (Å²) in [5.41, 5.74) is -0.933. The Morgan fingerprint density at radius 1 is 1.48 bits per heavy atom. The minimum Gasteiger partial charge on any atom is -0.465 e. The standard InChI is InChI=1S/C14H16F2N2O3/c15-13(16)21-14(11-5-7-17-18-11)6-1-3-10(9-14)20-12-4-2-8-19-12/h1,3,5,7,9,12-13H,2,4,6,8H2,(H,17,18). The van der Waals surface area contributed by atoms with Crippen LogP contribution in [0.5, 0.6) is 0 Å². The highest BCUT2D eigenvalue weighted by atomic mass is 19.3. The third-order valence-electron chi connectivity index (χ3n) is 3.47. The van der Waals surface area contributed by atoms with Gasteiger partial charge in [0.1, 0.15) is 11.4 Å². The van der Waals surface area contributed by atoms with Crippen molar-refractivity contribution in [1.82, 2.24) is 10.2 Å². The molecule has 1 aromatic heterocycles. The molecule has 1 aliphatic heterocycles. The number of aromatic nitrogens is 2. The molecular weight excluding hydrogens is 282 g/mol.